The van der Waals surface area contributed by atoms with Crippen molar-refractivity contribution in [2.24, 2.45) is 0 Å². The molecule has 1 aromatic carbocycles. The molecule has 0 unspecified atom stereocenters. The van der Waals surface area contributed by atoms with Crippen LogP contribution in [0.1, 0.15) is 22.5 Å². The zero-order valence-corrected chi connectivity index (χ0v) is 14.7. The van der Waals surface area contributed by atoms with Gasteiger partial charge in [-0.25, -0.2) is 4.98 Å². The van der Waals surface area contributed by atoms with E-state index < -0.39 is 0 Å². The van der Waals surface area contributed by atoms with Crippen LogP contribution in [0, 0.1) is 0 Å². The Labute approximate surface area is 149 Å². The van der Waals surface area contributed by atoms with Crippen molar-refractivity contribution in [2.75, 3.05) is 13.2 Å². The van der Waals surface area contributed by atoms with Crippen LogP contribution in [0.5, 0.6) is 0 Å². The third kappa shape index (κ3) is 4.74. The summed E-state index contributed by atoms with van der Waals surface area (Å²) < 4.78 is 5.60. The summed E-state index contributed by atoms with van der Waals surface area (Å²) in [6.45, 7) is 1.80. The molecule has 3 aromatic rings. The number of aromatic nitrogens is 1. The summed E-state index contributed by atoms with van der Waals surface area (Å²) in [6, 6.07) is 12.1. The molecule has 6 heteroatoms. The van der Waals surface area contributed by atoms with Crippen molar-refractivity contribution in [1.29, 1.82) is 0 Å². The lowest BCUT2D eigenvalue weighted by Gasteiger charge is -2.05. The average Bonchev–Trinajstić information content (AvgIpc) is 3.29. The van der Waals surface area contributed by atoms with E-state index in [0.29, 0.717) is 25.5 Å². The monoisotopic (exact) mass is 358 g/mol. The van der Waals surface area contributed by atoms with Gasteiger partial charge in [0.1, 0.15) is 10.7 Å². The third-order valence-electron chi connectivity index (χ3n) is 3.37. The normalized spacial score (nSPS) is 10.7. The zero-order valence-electron chi connectivity index (χ0n) is 13.1. The highest BCUT2D eigenvalue weighted by Gasteiger charge is 2.11. The van der Waals surface area contributed by atoms with Crippen molar-refractivity contribution < 1.29 is 9.53 Å². The van der Waals surface area contributed by atoms with E-state index in [4.69, 9.17) is 4.74 Å². The largest absolute Gasteiger partial charge is 0.377 e. The molecule has 1 N–H and O–H groups in total. The minimum atomic E-state index is -0.129. The number of thiazole rings is 1. The van der Waals surface area contributed by atoms with Gasteiger partial charge in [-0.05, 0) is 23.4 Å². The van der Waals surface area contributed by atoms with Gasteiger partial charge in [0.2, 0.25) is 0 Å². The Balaban J connectivity index is 1.35. The summed E-state index contributed by atoms with van der Waals surface area (Å²) in [5, 5.41) is 9.60. The number of benzene rings is 1. The molecule has 0 spiro atoms. The smallest absolute Gasteiger partial charge is 0.270 e. The maximum Gasteiger partial charge on any atom is 0.270 e. The predicted molar refractivity (Wildman–Crippen MR) is 98.5 cm³/mol. The molecule has 1 amide bonds. The summed E-state index contributed by atoms with van der Waals surface area (Å²) in [5.41, 5.74) is 2.70. The molecule has 2 aromatic heterocycles. The van der Waals surface area contributed by atoms with Crippen molar-refractivity contribution >= 4 is 28.6 Å². The van der Waals surface area contributed by atoms with Crippen LogP contribution in [0.25, 0.3) is 10.6 Å². The van der Waals surface area contributed by atoms with Crippen LogP contribution in [0.15, 0.2) is 52.5 Å². The Morgan fingerprint density at radius 1 is 1.17 bits per heavy atom. The van der Waals surface area contributed by atoms with Gasteiger partial charge in [-0.3, -0.25) is 4.79 Å². The van der Waals surface area contributed by atoms with Crippen LogP contribution < -0.4 is 5.32 Å². The van der Waals surface area contributed by atoms with E-state index in [9.17, 15) is 4.79 Å². The summed E-state index contributed by atoms with van der Waals surface area (Å²) in [4.78, 5) is 16.5. The Kier molecular flexibility index (Phi) is 6.12. The number of hydrogen-bond acceptors (Lipinski definition) is 5. The number of rotatable bonds is 8. The number of carbonyl (C=O) groups excluding carboxylic acids is 1. The lowest BCUT2D eigenvalue weighted by Crippen LogP contribution is -2.25. The van der Waals surface area contributed by atoms with E-state index in [2.05, 4.69) is 10.3 Å². The van der Waals surface area contributed by atoms with E-state index in [0.717, 1.165) is 22.6 Å². The Morgan fingerprint density at radius 3 is 2.83 bits per heavy atom. The number of hydrogen-bond donors (Lipinski definition) is 1. The van der Waals surface area contributed by atoms with Crippen molar-refractivity contribution in [1.82, 2.24) is 10.3 Å². The molecule has 0 bridgehead atoms. The first-order valence-electron chi connectivity index (χ1n) is 7.71. The lowest BCUT2D eigenvalue weighted by atomic mass is 10.2. The molecule has 2 heterocycles. The Bertz CT molecular complexity index is 754. The van der Waals surface area contributed by atoms with Crippen LogP contribution in [0.3, 0.4) is 0 Å². The first kappa shape index (κ1) is 16.8. The van der Waals surface area contributed by atoms with Crippen molar-refractivity contribution in [2.45, 2.75) is 13.0 Å². The number of nitrogens with one attached hydrogen (secondary N) is 1. The van der Waals surface area contributed by atoms with Gasteiger partial charge in [0.25, 0.3) is 5.91 Å². The molecule has 0 fully saturated rings. The molecular formula is C18H18N2O2S2. The van der Waals surface area contributed by atoms with Crippen LogP contribution in [0.4, 0.5) is 0 Å². The Morgan fingerprint density at radius 2 is 2.04 bits per heavy atom. The van der Waals surface area contributed by atoms with Gasteiger partial charge >= 0.3 is 0 Å². The molecule has 4 nitrogen and oxygen atoms in total. The second-order valence-corrected chi connectivity index (χ2v) is 6.84. The molecule has 0 radical (unpaired) electrons. The standard InChI is InChI=1S/C18H18N2O2S2/c21-17(16-13-24-18(20-16)15-7-10-23-12-15)19-8-4-9-22-11-14-5-2-1-3-6-14/h1-3,5-7,10,12-13H,4,8-9,11H2,(H,19,21). The predicted octanol–water partition coefficient (Wildman–Crippen LogP) is 4.21. The van der Waals surface area contributed by atoms with E-state index in [1.54, 1.807) is 16.7 Å². The molecule has 0 aliphatic heterocycles. The molecular weight excluding hydrogens is 340 g/mol. The fourth-order valence-electron chi connectivity index (χ4n) is 2.13. The summed E-state index contributed by atoms with van der Waals surface area (Å²) >= 11 is 3.11. The summed E-state index contributed by atoms with van der Waals surface area (Å²) in [7, 11) is 0. The fraction of sp³-hybridized carbons (Fsp3) is 0.222. The van der Waals surface area contributed by atoms with Gasteiger partial charge in [-0.2, -0.15) is 11.3 Å². The third-order valence-corrected chi connectivity index (χ3v) is 4.94. The second kappa shape index (κ2) is 8.73. The number of amides is 1. The van der Waals surface area contributed by atoms with Crippen molar-refractivity contribution in [3.63, 3.8) is 0 Å². The molecule has 3 rings (SSSR count). The number of carbonyl (C=O) groups is 1. The number of thiophene rings is 1. The van der Waals surface area contributed by atoms with Crippen LogP contribution in [-0.4, -0.2) is 24.0 Å². The topological polar surface area (TPSA) is 51.2 Å². The van der Waals surface area contributed by atoms with E-state index in [1.807, 2.05) is 47.2 Å². The van der Waals surface area contributed by atoms with Gasteiger partial charge in [-0.1, -0.05) is 30.3 Å². The second-order valence-electron chi connectivity index (χ2n) is 5.20. The lowest BCUT2D eigenvalue weighted by molar-refractivity contribution is 0.0930. The molecule has 0 saturated heterocycles. The SMILES string of the molecule is O=C(NCCCOCc1ccccc1)c1csc(-c2ccsc2)n1. The first-order valence-corrected chi connectivity index (χ1v) is 9.53. The molecule has 124 valence electrons. The molecule has 0 atom stereocenters. The van der Waals surface area contributed by atoms with E-state index >= 15 is 0 Å². The minimum absolute atomic E-state index is 0.129. The van der Waals surface area contributed by atoms with Crippen molar-refractivity contribution in [3.05, 3.63) is 63.8 Å². The van der Waals surface area contributed by atoms with Gasteiger partial charge in [0.15, 0.2) is 0 Å². The van der Waals surface area contributed by atoms with Crippen LogP contribution in [0.2, 0.25) is 0 Å². The highest BCUT2D eigenvalue weighted by molar-refractivity contribution is 7.14. The summed E-state index contributed by atoms with van der Waals surface area (Å²) in [5.74, 6) is -0.129. The van der Waals surface area contributed by atoms with Crippen LogP contribution >= 0.6 is 22.7 Å². The van der Waals surface area contributed by atoms with E-state index in [1.165, 1.54) is 11.3 Å². The minimum Gasteiger partial charge on any atom is -0.377 e. The van der Waals surface area contributed by atoms with E-state index in [-0.39, 0.29) is 5.91 Å². The molecule has 0 aliphatic carbocycles. The van der Waals surface area contributed by atoms with Gasteiger partial charge in [0.05, 0.1) is 6.61 Å². The quantitative estimate of drug-likeness (QED) is 0.614. The molecule has 0 saturated carbocycles. The van der Waals surface area contributed by atoms with Gasteiger partial charge < -0.3 is 10.1 Å². The molecule has 24 heavy (non-hydrogen) atoms. The highest BCUT2D eigenvalue weighted by atomic mass is 32.1. The van der Waals surface area contributed by atoms with Gasteiger partial charge in [-0.15, -0.1) is 11.3 Å². The average molecular weight is 358 g/mol. The first-order chi connectivity index (χ1) is 11.8. The maximum absolute atomic E-state index is 12.1. The fourth-order valence-corrected chi connectivity index (χ4v) is 3.64. The zero-order chi connectivity index (χ0) is 16.6. The van der Waals surface area contributed by atoms with Crippen molar-refractivity contribution in [3.8, 4) is 10.6 Å². The molecule has 0 aliphatic rings. The number of ether oxygens (including phenoxy) is 1. The number of nitrogens with zero attached hydrogens (tertiary/aromatic N) is 1. The Hall–Kier alpha value is -2.02. The highest BCUT2D eigenvalue weighted by Crippen LogP contribution is 2.25. The van der Waals surface area contributed by atoms with Crippen LogP contribution in [-0.2, 0) is 11.3 Å². The van der Waals surface area contributed by atoms with Gasteiger partial charge in [0, 0.05) is 29.5 Å². The summed E-state index contributed by atoms with van der Waals surface area (Å²) in [6.07, 6.45) is 0.778. The maximum atomic E-state index is 12.1.